The van der Waals surface area contributed by atoms with Crippen LogP contribution in [0.15, 0.2) is 36.9 Å². The summed E-state index contributed by atoms with van der Waals surface area (Å²) in [5.41, 5.74) is 0.356. The van der Waals surface area contributed by atoms with Gasteiger partial charge in [0.05, 0.1) is 5.54 Å². The van der Waals surface area contributed by atoms with Gasteiger partial charge in [0.1, 0.15) is 5.82 Å². The highest BCUT2D eigenvalue weighted by Crippen LogP contribution is 2.17. The van der Waals surface area contributed by atoms with Crippen molar-refractivity contribution in [2.24, 2.45) is 0 Å². The molecule has 2 rings (SSSR count). The average Bonchev–Trinajstić information content (AvgIpc) is 2.95. The molecule has 0 aliphatic rings. The number of carbonyl (C=O) groups excluding carboxylic acids is 2. The van der Waals surface area contributed by atoms with E-state index < -0.39 is 5.54 Å². The normalized spacial score (nSPS) is 10.9. The minimum atomic E-state index is -0.711. The largest absolute Gasteiger partial charge is 0.340 e. The molecule has 1 aromatic heterocycles. The van der Waals surface area contributed by atoms with Crippen molar-refractivity contribution in [3.63, 3.8) is 0 Å². The summed E-state index contributed by atoms with van der Waals surface area (Å²) < 4.78 is 0. The van der Waals surface area contributed by atoms with Crippen LogP contribution in [0.5, 0.6) is 0 Å². The molecule has 0 atom stereocenters. The maximum atomic E-state index is 12.3. The highest BCUT2D eigenvalue weighted by molar-refractivity contribution is 5.99. The number of aromatic nitrogens is 3. The molecule has 1 aromatic carbocycles. The van der Waals surface area contributed by atoms with Crippen molar-refractivity contribution < 1.29 is 9.59 Å². The lowest BCUT2D eigenvalue weighted by Crippen LogP contribution is -2.41. The lowest BCUT2D eigenvalue weighted by Gasteiger charge is -2.23. The molecular weight excluding hydrogens is 294 g/mol. The summed E-state index contributed by atoms with van der Waals surface area (Å²) in [6.07, 6.45) is 1.18. The molecule has 0 spiro atoms. The number of anilines is 1. The number of amides is 2. The summed E-state index contributed by atoms with van der Waals surface area (Å²) in [5, 5.41) is 12.3. The van der Waals surface area contributed by atoms with E-state index >= 15 is 0 Å². The smallest absolute Gasteiger partial charge is 0.252 e. The van der Waals surface area contributed by atoms with Crippen molar-refractivity contribution in [3.8, 4) is 0 Å². The van der Waals surface area contributed by atoms with Gasteiger partial charge in [0.2, 0.25) is 5.91 Å². The number of nitrogens with one attached hydrogen (secondary N) is 3. The third kappa shape index (κ3) is 4.03. The molecule has 0 aliphatic heterocycles. The average molecular weight is 313 g/mol. The molecule has 0 radical (unpaired) electrons. The van der Waals surface area contributed by atoms with E-state index in [1.54, 1.807) is 31.2 Å². The summed E-state index contributed by atoms with van der Waals surface area (Å²) in [4.78, 5) is 27.8. The van der Waals surface area contributed by atoms with Crippen LogP contribution >= 0.6 is 0 Å². The van der Waals surface area contributed by atoms with Crippen molar-refractivity contribution in [2.45, 2.75) is 26.3 Å². The maximum Gasteiger partial charge on any atom is 0.252 e. The van der Waals surface area contributed by atoms with Crippen LogP contribution in [0.1, 0.15) is 35.9 Å². The molecule has 1 heterocycles. The molecule has 2 aromatic rings. The molecule has 0 saturated heterocycles. The van der Waals surface area contributed by atoms with Crippen LogP contribution in [0.4, 0.5) is 5.69 Å². The fourth-order valence-corrected chi connectivity index (χ4v) is 1.93. The molecule has 0 bridgehead atoms. The van der Waals surface area contributed by atoms with Crippen molar-refractivity contribution >= 4 is 17.5 Å². The Bertz CT molecular complexity index is 731. The molecule has 7 nitrogen and oxygen atoms in total. The van der Waals surface area contributed by atoms with Gasteiger partial charge in [0, 0.05) is 11.3 Å². The first-order chi connectivity index (χ1) is 10.8. The zero-order chi connectivity index (χ0) is 17.0. The Morgan fingerprint density at radius 1 is 1.26 bits per heavy atom. The molecule has 0 fully saturated rings. The van der Waals surface area contributed by atoms with Crippen molar-refractivity contribution in [2.75, 3.05) is 5.32 Å². The Labute approximate surface area is 134 Å². The van der Waals surface area contributed by atoms with E-state index in [4.69, 9.17) is 0 Å². The van der Waals surface area contributed by atoms with Crippen LogP contribution in [0.3, 0.4) is 0 Å². The molecule has 0 aliphatic carbocycles. The molecule has 7 heteroatoms. The first kappa shape index (κ1) is 16.4. The molecule has 120 valence electrons. The quantitative estimate of drug-likeness (QED) is 0.734. The highest BCUT2D eigenvalue weighted by Gasteiger charge is 2.27. The second kappa shape index (κ2) is 6.43. The predicted octanol–water partition coefficient (Wildman–Crippen LogP) is 1.90. The van der Waals surface area contributed by atoms with Crippen LogP contribution in [0.25, 0.3) is 0 Å². The Morgan fingerprint density at radius 2 is 1.91 bits per heavy atom. The third-order valence-corrected chi connectivity index (χ3v) is 3.18. The van der Waals surface area contributed by atoms with Crippen LogP contribution in [0.2, 0.25) is 0 Å². The van der Waals surface area contributed by atoms with Crippen LogP contribution in [0, 0.1) is 6.92 Å². The van der Waals surface area contributed by atoms with E-state index in [0.717, 1.165) is 0 Å². The van der Waals surface area contributed by atoms with Gasteiger partial charge in [-0.3, -0.25) is 14.7 Å². The van der Waals surface area contributed by atoms with Crippen LogP contribution in [-0.2, 0) is 10.3 Å². The van der Waals surface area contributed by atoms with Crippen LogP contribution < -0.4 is 10.6 Å². The summed E-state index contributed by atoms with van der Waals surface area (Å²) >= 11 is 0. The zero-order valence-electron chi connectivity index (χ0n) is 13.3. The Kier molecular flexibility index (Phi) is 4.59. The number of carbonyl (C=O) groups is 2. The van der Waals surface area contributed by atoms with E-state index in [1.165, 1.54) is 6.08 Å². The number of hydrogen-bond acceptors (Lipinski definition) is 4. The van der Waals surface area contributed by atoms with Gasteiger partial charge in [-0.2, -0.15) is 5.10 Å². The Balaban J connectivity index is 2.08. The third-order valence-electron chi connectivity index (χ3n) is 3.18. The van der Waals surface area contributed by atoms with Gasteiger partial charge >= 0.3 is 0 Å². The lowest BCUT2D eigenvalue weighted by molar-refractivity contribution is -0.111. The van der Waals surface area contributed by atoms with Gasteiger partial charge < -0.3 is 10.6 Å². The van der Waals surface area contributed by atoms with Gasteiger partial charge in [0.25, 0.3) is 5.91 Å². The molecule has 3 N–H and O–H groups in total. The minimum absolute atomic E-state index is 0.251. The second-order valence-electron chi connectivity index (χ2n) is 5.59. The summed E-state index contributed by atoms with van der Waals surface area (Å²) in [5.74, 6) is 0.644. The van der Waals surface area contributed by atoms with Crippen LogP contribution in [-0.4, -0.2) is 27.0 Å². The molecular formula is C16H19N5O2. The SMILES string of the molecule is C=CC(=O)Nc1ccc(C(=O)NC(C)(C)c2n[nH]c(C)n2)cc1. The molecule has 0 saturated carbocycles. The Hall–Kier alpha value is -2.96. The number of nitrogens with zero attached hydrogens (tertiary/aromatic N) is 2. The fraction of sp³-hybridized carbons (Fsp3) is 0.250. The van der Waals surface area contributed by atoms with Crippen molar-refractivity contribution in [3.05, 3.63) is 54.1 Å². The lowest BCUT2D eigenvalue weighted by atomic mass is 10.0. The number of benzene rings is 1. The van der Waals surface area contributed by atoms with Gasteiger partial charge in [0.15, 0.2) is 5.82 Å². The van der Waals surface area contributed by atoms with Crippen molar-refractivity contribution in [1.29, 1.82) is 0 Å². The van der Waals surface area contributed by atoms with E-state index in [9.17, 15) is 9.59 Å². The van der Waals surface area contributed by atoms with Gasteiger partial charge in [-0.25, -0.2) is 4.98 Å². The van der Waals surface area contributed by atoms with Gasteiger partial charge in [-0.15, -0.1) is 0 Å². The second-order valence-corrected chi connectivity index (χ2v) is 5.59. The first-order valence-corrected chi connectivity index (χ1v) is 7.07. The molecule has 23 heavy (non-hydrogen) atoms. The van der Waals surface area contributed by atoms with Crippen molar-refractivity contribution in [1.82, 2.24) is 20.5 Å². The fourth-order valence-electron chi connectivity index (χ4n) is 1.93. The number of aryl methyl sites for hydroxylation is 1. The molecule has 2 amide bonds. The topological polar surface area (TPSA) is 99.8 Å². The minimum Gasteiger partial charge on any atom is -0.340 e. The monoisotopic (exact) mass is 313 g/mol. The standard InChI is InChI=1S/C16H19N5O2/c1-5-13(22)18-12-8-6-11(7-9-12)14(23)19-16(3,4)15-17-10(2)20-21-15/h5-9H,1H2,2-4H3,(H,18,22)(H,19,23)(H,17,20,21). The summed E-state index contributed by atoms with van der Waals surface area (Å²) in [7, 11) is 0. The zero-order valence-corrected chi connectivity index (χ0v) is 13.3. The van der Waals surface area contributed by atoms with E-state index in [-0.39, 0.29) is 11.8 Å². The Morgan fingerprint density at radius 3 is 2.43 bits per heavy atom. The predicted molar refractivity (Wildman–Crippen MR) is 86.9 cm³/mol. The van der Waals surface area contributed by atoms with E-state index in [1.807, 2.05) is 13.8 Å². The number of hydrogen-bond donors (Lipinski definition) is 3. The van der Waals surface area contributed by atoms with E-state index in [2.05, 4.69) is 32.4 Å². The highest BCUT2D eigenvalue weighted by atomic mass is 16.2. The summed E-state index contributed by atoms with van der Waals surface area (Å²) in [6.45, 7) is 8.83. The van der Waals surface area contributed by atoms with E-state index in [0.29, 0.717) is 22.9 Å². The molecule has 0 unspecified atom stereocenters. The first-order valence-electron chi connectivity index (χ1n) is 7.07. The summed E-state index contributed by atoms with van der Waals surface area (Å²) in [6, 6.07) is 6.57. The number of aromatic amines is 1. The number of rotatable bonds is 5. The van der Waals surface area contributed by atoms with Gasteiger partial charge in [-0.05, 0) is 51.1 Å². The van der Waals surface area contributed by atoms with Gasteiger partial charge in [-0.1, -0.05) is 6.58 Å². The maximum absolute atomic E-state index is 12.3. The number of H-pyrrole nitrogens is 1.